The largest absolute Gasteiger partial charge is 0.366 e. The molecular weight excluding hydrogens is 292 g/mol. The van der Waals surface area contributed by atoms with Gasteiger partial charge in [-0.2, -0.15) is 0 Å². The predicted octanol–water partition coefficient (Wildman–Crippen LogP) is 4.20. The molecule has 1 aliphatic heterocycles. The minimum absolute atomic E-state index is 0.601. The predicted molar refractivity (Wildman–Crippen MR) is 92.7 cm³/mol. The Hall–Kier alpha value is -1.51. The molecule has 0 bridgehead atoms. The lowest BCUT2D eigenvalue weighted by molar-refractivity contribution is 0.590. The van der Waals surface area contributed by atoms with Crippen molar-refractivity contribution in [1.29, 1.82) is 0 Å². The first-order valence-corrected chi connectivity index (χ1v) is 8.49. The molecule has 1 unspecified atom stereocenters. The average molecular weight is 313 g/mol. The van der Waals surface area contributed by atoms with Crippen LogP contribution in [0.25, 0.3) is 0 Å². The Balaban J connectivity index is 1.51. The van der Waals surface area contributed by atoms with E-state index in [9.17, 15) is 0 Å². The highest BCUT2D eigenvalue weighted by Crippen LogP contribution is 2.37. The second kappa shape index (κ2) is 5.94. The quantitative estimate of drug-likeness (QED) is 0.890. The molecule has 4 rings (SSSR count). The normalized spacial score (nSPS) is 20.2. The van der Waals surface area contributed by atoms with E-state index in [1.807, 2.05) is 12.1 Å². The van der Waals surface area contributed by atoms with Gasteiger partial charge in [-0.15, -0.1) is 0 Å². The van der Waals surface area contributed by atoms with Crippen LogP contribution in [0.5, 0.6) is 0 Å². The number of nitrogens with one attached hydrogen (secondary N) is 1. The lowest BCUT2D eigenvalue weighted by Gasteiger charge is -2.20. The lowest BCUT2D eigenvalue weighted by Crippen LogP contribution is -2.28. The second-order valence-electron chi connectivity index (χ2n) is 6.45. The number of halogens is 1. The molecule has 0 saturated heterocycles. The van der Waals surface area contributed by atoms with Crippen molar-refractivity contribution in [2.45, 2.75) is 31.3 Å². The highest BCUT2D eigenvalue weighted by Gasteiger charge is 2.30. The number of rotatable bonds is 5. The van der Waals surface area contributed by atoms with Crippen LogP contribution in [0.2, 0.25) is 5.02 Å². The minimum atomic E-state index is 0.601. The van der Waals surface area contributed by atoms with Gasteiger partial charge in [0.15, 0.2) is 0 Å². The van der Waals surface area contributed by atoms with Gasteiger partial charge in [-0.05, 0) is 42.2 Å². The SMILES string of the molecule is Clc1ccc(CN2CC(CNC3CC3)c3ccccc32)cc1. The fourth-order valence-electron chi connectivity index (χ4n) is 3.31. The van der Waals surface area contributed by atoms with Gasteiger partial charge < -0.3 is 10.2 Å². The first-order valence-electron chi connectivity index (χ1n) is 8.11. The zero-order valence-corrected chi connectivity index (χ0v) is 13.4. The van der Waals surface area contributed by atoms with Crippen LogP contribution in [0.1, 0.15) is 29.9 Å². The molecule has 1 aliphatic carbocycles. The van der Waals surface area contributed by atoms with E-state index >= 15 is 0 Å². The van der Waals surface area contributed by atoms with E-state index in [0.717, 1.165) is 30.7 Å². The Morgan fingerprint density at radius 2 is 1.82 bits per heavy atom. The van der Waals surface area contributed by atoms with Gasteiger partial charge in [0.25, 0.3) is 0 Å². The van der Waals surface area contributed by atoms with Crippen molar-refractivity contribution in [3.05, 3.63) is 64.7 Å². The molecule has 1 saturated carbocycles. The van der Waals surface area contributed by atoms with Crippen LogP contribution in [0.3, 0.4) is 0 Å². The number of para-hydroxylation sites is 1. The van der Waals surface area contributed by atoms with Crippen LogP contribution >= 0.6 is 11.6 Å². The van der Waals surface area contributed by atoms with Gasteiger partial charge in [0.1, 0.15) is 0 Å². The highest BCUT2D eigenvalue weighted by atomic mass is 35.5. The summed E-state index contributed by atoms with van der Waals surface area (Å²) in [5.41, 5.74) is 4.19. The molecule has 2 aromatic carbocycles. The Bertz CT molecular complexity index is 649. The lowest BCUT2D eigenvalue weighted by atomic mass is 10.0. The van der Waals surface area contributed by atoms with E-state index in [2.05, 4.69) is 46.6 Å². The number of benzene rings is 2. The summed E-state index contributed by atoms with van der Waals surface area (Å²) in [7, 11) is 0. The van der Waals surface area contributed by atoms with E-state index in [1.165, 1.54) is 29.7 Å². The molecule has 114 valence electrons. The van der Waals surface area contributed by atoms with Crippen molar-refractivity contribution in [1.82, 2.24) is 5.32 Å². The fraction of sp³-hybridized carbons (Fsp3) is 0.368. The summed E-state index contributed by atoms with van der Waals surface area (Å²) in [5, 5.41) is 4.49. The van der Waals surface area contributed by atoms with Crippen LogP contribution in [-0.2, 0) is 6.54 Å². The molecule has 0 spiro atoms. The Kier molecular flexibility index (Phi) is 3.81. The summed E-state index contributed by atoms with van der Waals surface area (Å²) >= 11 is 5.99. The maximum atomic E-state index is 5.99. The topological polar surface area (TPSA) is 15.3 Å². The number of hydrogen-bond acceptors (Lipinski definition) is 2. The number of anilines is 1. The molecular formula is C19H21ClN2. The van der Waals surface area contributed by atoms with Crippen LogP contribution in [0, 0.1) is 0 Å². The Morgan fingerprint density at radius 3 is 2.59 bits per heavy atom. The van der Waals surface area contributed by atoms with Gasteiger partial charge in [0, 0.05) is 42.3 Å². The zero-order valence-electron chi connectivity index (χ0n) is 12.6. The molecule has 2 aliphatic rings. The summed E-state index contributed by atoms with van der Waals surface area (Å²) in [6, 6.07) is 17.8. The number of hydrogen-bond donors (Lipinski definition) is 1. The molecule has 1 heterocycles. The van der Waals surface area contributed by atoms with Crippen molar-refractivity contribution < 1.29 is 0 Å². The number of fused-ring (bicyclic) bond motifs is 1. The van der Waals surface area contributed by atoms with Crippen LogP contribution in [0.15, 0.2) is 48.5 Å². The molecule has 1 N–H and O–H groups in total. The van der Waals surface area contributed by atoms with Gasteiger partial charge in [-0.25, -0.2) is 0 Å². The standard InChI is InChI=1S/C19H21ClN2/c20-16-7-5-14(6-8-16)12-22-13-15(11-21-17-9-10-17)18-3-1-2-4-19(18)22/h1-8,15,17,21H,9-13H2. The molecule has 0 radical (unpaired) electrons. The van der Waals surface area contributed by atoms with Gasteiger partial charge in [0.2, 0.25) is 0 Å². The molecule has 1 atom stereocenters. The summed E-state index contributed by atoms with van der Waals surface area (Å²) in [4.78, 5) is 2.50. The van der Waals surface area contributed by atoms with Crippen molar-refractivity contribution in [2.24, 2.45) is 0 Å². The van der Waals surface area contributed by atoms with E-state index in [1.54, 1.807) is 0 Å². The zero-order chi connectivity index (χ0) is 14.9. The summed E-state index contributed by atoms with van der Waals surface area (Å²) in [5.74, 6) is 0.601. The molecule has 2 aromatic rings. The monoisotopic (exact) mass is 312 g/mol. The smallest absolute Gasteiger partial charge is 0.0429 e. The van der Waals surface area contributed by atoms with Crippen LogP contribution in [-0.4, -0.2) is 19.1 Å². The van der Waals surface area contributed by atoms with Gasteiger partial charge in [0.05, 0.1) is 0 Å². The van der Waals surface area contributed by atoms with Gasteiger partial charge >= 0.3 is 0 Å². The van der Waals surface area contributed by atoms with Crippen molar-refractivity contribution in [3.8, 4) is 0 Å². The maximum Gasteiger partial charge on any atom is 0.0429 e. The third-order valence-corrected chi connectivity index (χ3v) is 4.93. The fourth-order valence-corrected chi connectivity index (χ4v) is 3.44. The average Bonchev–Trinajstić information content (AvgIpc) is 3.31. The molecule has 3 heteroatoms. The van der Waals surface area contributed by atoms with E-state index in [-0.39, 0.29) is 0 Å². The third kappa shape index (κ3) is 2.99. The third-order valence-electron chi connectivity index (χ3n) is 4.68. The molecule has 1 fully saturated rings. The Morgan fingerprint density at radius 1 is 1.05 bits per heavy atom. The van der Waals surface area contributed by atoms with Crippen LogP contribution in [0.4, 0.5) is 5.69 Å². The molecule has 22 heavy (non-hydrogen) atoms. The highest BCUT2D eigenvalue weighted by molar-refractivity contribution is 6.30. The minimum Gasteiger partial charge on any atom is -0.366 e. The molecule has 2 nitrogen and oxygen atoms in total. The van der Waals surface area contributed by atoms with E-state index in [4.69, 9.17) is 11.6 Å². The Labute approximate surface area is 137 Å². The maximum absolute atomic E-state index is 5.99. The van der Waals surface area contributed by atoms with Crippen LogP contribution < -0.4 is 10.2 Å². The molecule has 0 aromatic heterocycles. The number of nitrogens with zero attached hydrogens (tertiary/aromatic N) is 1. The van der Waals surface area contributed by atoms with Gasteiger partial charge in [-0.1, -0.05) is 41.9 Å². The van der Waals surface area contributed by atoms with Gasteiger partial charge in [-0.3, -0.25) is 0 Å². The van der Waals surface area contributed by atoms with E-state index < -0.39 is 0 Å². The summed E-state index contributed by atoms with van der Waals surface area (Å²) < 4.78 is 0. The first kappa shape index (κ1) is 14.1. The summed E-state index contributed by atoms with van der Waals surface area (Å²) in [6.07, 6.45) is 2.70. The summed E-state index contributed by atoms with van der Waals surface area (Å²) in [6.45, 7) is 3.15. The molecule has 0 amide bonds. The first-order chi connectivity index (χ1) is 10.8. The van der Waals surface area contributed by atoms with E-state index in [0.29, 0.717) is 5.92 Å². The van der Waals surface area contributed by atoms with Crippen molar-refractivity contribution >= 4 is 17.3 Å². The van der Waals surface area contributed by atoms with Crippen molar-refractivity contribution in [3.63, 3.8) is 0 Å². The second-order valence-corrected chi connectivity index (χ2v) is 6.88. The van der Waals surface area contributed by atoms with Crippen molar-refractivity contribution in [2.75, 3.05) is 18.0 Å².